The Balaban J connectivity index is 1.59. The summed E-state index contributed by atoms with van der Waals surface area (Å²) in [4.78, 5) is 19.5. The van der Waals surface area contributed by atoms with Gasteiger partial charge in [0.25, 0.3) is 0 Å². The van der Waals surface area contributed by atoms with E-state index >= 15 is 0 Å². The molecular weight excluding hydrogens is 374 g/mol. The summed E-state index contributed by atoms with van der Waals surface area (Å²) < 4.78 is 8.07. The number of nitrogens with zero attached hydrogens (tertiary/aromatic N) is 3. The van der Waals surface area contributed by atoms with Crippen molar-refractivity contribution < 1.29 is 9.53 Å². The number of fused-ring (bicyclic) bond motifs is 1. The van der Waals surface area contributed by atoms with Crippen LogP contribution in [-0.4, -0.2) is 27.4 Å². The third-order valence-corrected chi connectivity index (χ3v) is 5.09. The second-order valence-corrected chi connectivity index (χ2v) is 7.35. The van der Waals surface area contributed by atoms with Crippen molar-refractivity contribution >= 4 is 16.9 Å². The lowest BCUT2D eigenvalue weighted by Gasteiger charge is -2.20. The summed E-state index contributed by atoms with van der Waals surface area (Å²) in [6.45, 7) is 2.74. The predicted molar refractivity (Wildman–Crippen MR) is 118 cm³/mol. The first kappa shape index (κ1) is 19.7. The summed E-state index contributed by atoms with van der Waals surface area (Å²) in [5, 5.41) is 0. The van der Waals surface area contributed by atoms with Crippen molar-refractivity contribution in [2.24, 2.45) is 0 Å². The SMILES string of the molecule is CC(Oc1ccccc1)c1nc2ccccc2n1CC(=O)N(C)Cc1ccccc1. The highest BCUT2D eigenvalue weighted by molar-refractivity contribution is 5.81. The quantitative estimate of drug-likeness (QED) is 0.447. The van der Waals surface area contributed by atoms with E-state index in [9.17, 15) is 4.79 Å². The Morgan fingerprint density at radius 2 is 1.60 bits per heavy atom. The number of amides is 1. The van der Waals surface area contributed by atoms with Crippen LogP contribution in [0.1, 0.15) is 24.4 Å². The molecule has 0 aliphatic carbocycles. The Kier molecular flexibility index (Phi) is 5.80. The van der Waals surface area contributed by atoms with E-state index < -0.39 is 0 Å². The minimum Gasteiger partial charge on any atom is -0.483 e. The van der Waals surface area contributed by atoms with Crippen LogP contribution < -0.4 is 4.74 Å². The zero-order valence-electron chi connectivity index (χ0n) is 17.2. The van der Waals surface area contributed by atoms with Crippen LogP contribution in [0.25, 0.3) is 11.0 Å². The summed E-state index contributed by atoms with van der Waals surface area (Å²) in [7, 11) is 1.83. The number of para-hydroxylation sites is 3. The van der Waals surface area contributed by atoms with Crippen molar-refractivity contribution in [3.63, 3.8) is 0 Å². The van der Waals surface area contributed by atoms with Crippen LogP contribution >= 0.6 is 0 Å². The maximum Gasteiger partial charge on any atom is 0.242 e. The Labute approximate surface area is 176 Å². The first-order valence-electron chi connectivity index (χ1n) is 10.1. The van der Waals surface area contributed by atoms with Gasteiger partial charge in [-0.25, -0.2) is 4.98 Å². The number of aromatic nitrogens is 2. The summed E-state index contributed by atoms with van der Waals surface area (Å²) in [5.74, 6) is 1.54. The van der Waals surface area contributed by atoms with Gasteiger partial charge in [-0.05, 0) is 36.8 Å². The number of carbonyl (C=O) groups is 1. The number of ether oxygens (including phenoxy) is 1. The van der Waals surface area contributed by atoms with Crippen molar-refractivity contribution in [2.75, 3.05) is 7.05 Å². The number of rotatable bonds is 7. The van der Waals surface area contributed by atoms with Crippen LogP contribution in [0.15, 0.2) is 84.9 Å². The topological polar surface area (TPSA) is 47.4 Å². The smallest absolute Gasteiger partial charge is 0.242 e. The van der Waals surface area contributed by atoms with Crippen LogP contribution in [0.3, 0.4) is 0 Å². The standard InChI is InChI=1S/C25H25N3O2/c1-19(30-21-13-7-4-8-14-21)25-26-22-15-9-10-16-23(22)28(25)18-24(29)27(2)17-20-11-5-3-6-12-20/h3-16,19H,17-18H2,1-2H3. The van der Waals surface area contributed by atoms with Gasteiger partial charge in [-0.3, -0.25) is 4.79 Å². The molecule has 1 heterocycles. The van der Waals surface area contributed by atoms with E-state index in [2.05, 4.69) is 0 Å². The van der Waals surface area contributed by atoms with Gasteiger partial charge in [0.1, 0.15) is 12.3 Å². The van der Waals surface area contributed by atoms with Gasteiger partial charge in [0, 0.05) is 13.6 Å². The number of carbonyl (C=O) groups excluding carboxylic acids is 1. The summed E-state index contributed by atoms with van der Waals surface area (Å²) in [6.07, 6.45) is -0.299. The molecule has 0 fully saturated rings. The van der Waals surface area contributed by atoms with Crippen molar-refractivity contribution in [3.8, 4) is 5.75 Å². The lowest BCUT2D eigenvalue weighted by atomic mass is 10.2. The first-order chi connectivity index (χ1) is 14.6. The average Bonchev–Trinajstić information content (AvgIpc) is 3.14. The van der Waals surface area contributed by atoms with Crippen LogP contribution in [0.4, 0.5) is 0 Å². The Morgan fingerprint density at radius 3 is 2.33 bits per heavy atom. The Morgan fingerprint density at radius 1 is 0.967 bits per heavy atom. The van der Waals surface area contributed by atoms with E-state index in [-0.39, 0.29) is 18.6 Å². The summed E-state index contributed by atoms with van der Waals surface area (Å²) >= 11 is 0. The average molecular weight is 399 g/mol. The molecule has 0 aliphatic heterocycles. The molecule has 0 N–H and O–H groups in total. The second kappa shape index (κ2) is 8.82. The van der Waals surface area contributed by atoms with Gasteiger partial charge >= 0.3 is 0 Å². The predicted octanol–water partition coefficient (Wildman–Crippen LogP) is 4.83. The molecule has 0 saturated heterocycles. The van der Waals surface area contributed by atoms with Crippen molar-refractivity contribution in [1.29, 1.82) is 0 Å². The molecular formula is C25H25N3O2. The van der Waals surface area contributed by atoms with Crippen molar-refractivity contribution in [3.05, 3.63) is 96.3 Å². The fourth-order valence-electron chi connectivity index (χ4n) is 3.53. The molecule has 0 bridgehead atoms. The molecule has 1 amide bonds. The third-order valence-electron chi connectivity index (χ3n) is 5.09. The van der Waals surface area contributed by atoms with Gasteiger partial charge in [-0.15, -0.1) is 0 Å². The fraction of sp³-hybridized carbons (Fsp3) is 0.200. The Bertz CT molecular complexity index is 1120. The van der Waals surface area contributed by atoms with Gasteiger partial charge < -0.3 is 14.2 Å². The van der Waals surface area contributed by atoms with E-state index in [0.717, 1.165) is 28.2 Å². The van der Waals surface area contributed by atoms with E-state index in [1.807, 2.05) is 103 Å². The number of imidazole rings is 1. The molecule has 4 aromatic rings. The fourth-order valence-corrected chi connectivity index (χ4v) is 3.53. The molecule has 0 saturated carbocycles. The first-order valence-corrected chi connectivity index (χ1v) is 10.1. The highest BCUT2D eigenvalue weighted by atomic mass is 16.5. The van der Waals surface area contributed by atoms with Gasteiger partial charge in [-0.2, -0.15) is 0 Å². The van der Waals surface area contributed by atoms with Gasteiger partial charge in [-0.1, -0.05) is 60.7 Å². The maximum atomic E-state index is 13.0. The lowest BCUT2D eigenvalue weighted by Crippen LogP contribution is -2.30. The number of likely N-dealkylation sites (N-methyl/N-ethyl adjacent to an activating group) is 1. The summed E-state index contributed by atoms with van der Waals surface area (Å²) in [6, 6.07) is 27.5. The zero-order valence-corrected chi connectivity index (χ0v) is 17.2. The molecule has 1 atom stereocenters. The second-order valence-electron chi connectivity index (χ2n) is 7.35. The van der Waals surface area contributed by atoms with E-state index in [1.165, 1.54) is 0 Å². The van der Waals surface area contributed by atoms with Gasteiger partial charge in [0.2, 0.25) is 5.91 Å². The molecule has 1 aromatic heterocycles. The van der Waals surface area contributed by atoms with Crippen molar-refractivity contribution in [1.82, 2.24) is 14.5 Å². The molecule has 1 unspecified atom stereocenters. The highest BCUT2D eigenvalue weighted by Crippen LogP contribution is 2.25. The molecule has 5 nitrogen and oxygen atoms in total. The lowest BCUT2D eigenvalue weighted by molar-refractivity contribution is -0.131. The van der Waals surface area contributed by atoms with Crippen LogP contribution in [-0.2, 0) is 17.9 Å². The van der Waals surface area contributed by atoms with E-state index in [4.69, 9.17) is 9.72 Å². The number of hydrogen-bond donors (Lipinski definition) is 0. The van der Waals surface area contributed by atoms with Gasteiger partial charge in [0.05, 0.1) is 11.0 Å². The normalized spacial score (nSPS) is 11.9. The molecule has 5 heteroatoms. The molecule has 0 aliphatic rings. The van der Waals surface area contributed by atoms with Crippen molar-refractivity contribution in [2.45, 2.75) is 26.1 Å². The van der Waals surface area contributed by atoms with Crippen LogP contribution in [0.5, 0.6) is 5.75 Å². The minimum atomic E-state index is -0.299. The van der Waals surface area contributed by atoms with Gasteiger partial charge in [0.15, 0.2) is 11.9 Å². The third kappa shape index (κ3) is 4.35. The largest absolute Gasteiger partial charge is 0.483 e. The number of benzene rings is 3. The minimum absolute atomic E-state index is 0.0233. The molecule has 152 valence electrons. The van der Waals surface area contributed by atoms with Crippen LogP contribution in [0, 0.1) is 0 Å². The highest BCUT2D eigenvalue weighted by Gasteiger charge is 2.21. The molecule has 3 aromatic carbocycles. The number of hydrogen-bond acceptors (Lipinski definition) is 3. The monoisotopic (exact) mass is 399 g/mol. The van der Waals surface area contributed by atoms with E-state index in [1.54, 1.807) is 4.90 Å². The molecule has 0 spiro atoms. The molecule has 4 rings (SSSR count). The maximum absolute atomic E-state index is 13.0. The Hall–Kier alpha value is -3.60. The molecule has 0 radical (unpaired) electrons. The summed E-state index contributed by atoms with van der Waals surface area (Å²) in [5.41, 5.74) is 2.89. The zero-order chi connectivity index (χ0) is 20.9. The molecule has 30 heavy (non-hydrogen) atoms. The van der Waals surface area contributed by atoms with Crippen LogP contribution in [0.2, 0.25) is 0 Å². The van der Waals surface area contributed by atoms with E-state index in [0.29, 0.717) is 6.54 Å².